The first-order valence-corrected chi connectivity index (χ1v) is 15.7. The van der Waals surface area contributed by atoms with Gasteiger partial charge in [-0.2, -0.15) is 4.98 Å². The Morgan fingerprint density at radius 3 is 2.40 bits per heavy atom. The van der Waals surface area contributed by atoms with Crippen molar-refractivity contribution in [3.05, 3.63) is 100 Å². The monoisotopic (exact) mass is 683 g/mol. The molecule has 0 saturated heterocycles. The lowest BCUT2D eigenvalue weighted by atomic mass is 10.0. The van der Waals surface area contributed by atoms with Gasteiger partial charge in [0.15, 0.2) is 5.78 Å². The molecule has 244 valence electrons. The summed E-state index contributed by atoms with van der Waals surface area (Å²) >= 11 is 0. The first kappa shape index (κ1) is 34.7. The summed E-state index contributed by atoms with van der Waals surface area (Å²) in [5.74, 6) is -1.00. The number of aromatic nitrogens is 2. The minimum atomic E-state index is -2.72. The summed E-state index contributed by atoms with van der Waals surface area (Å²) < 4.78 is 15.3. The number of carbonyl (C=O) groups is 3. The Morgan fingerprint density at radius 2 is 1.72 bits per heavy atom. The second-order valence-electron chi connectivity index (χ2n) is 9.15. The number of benzene rings is 3. The molecule has 2 amide bonds. The van der Waals surface area contributed by atoms with Crippen LogP contribution in [-0.4, -0.2) is 55.9 Å². The summed E-state index contributed by atoms with van der Waals surface area (Å²) in [4.78, 5) is 74.7. The number of nitrogens with one attached hydrogen (secondary N) is 4. The fraction of sp³-hybridized carbons (Fsp3) is 0.107. The van der Waals surface area contributed by atoms with E-state index in [0.29, 0.717) is 17.8 Å². The van der Waals surface area contributed by atoms with Crippen molar-refractivity contribution in [1.82, 2.24) is 15.3 Å². The SMILES string of the molecule is CC(=O)Nc1ccc(Nc2ncc([N+](=O)[O-])c(Nc3ccc(OP(O)OP(O)OCCNC=O)cc3C(=O)c3ccccc3)n2)cc1. The Balaban J connectivity index is 1.60. The van der Waals surface area contributed by atoms with Crippen LogP contribution >= 0.6 is 17.2 Å². The van der Waals surface area contributed by atoms with Crippen LogP contribution in [-0.2, 0) is 18.4 Å². The molecule has 1 aromatic heterocycles. The second-order valence-corrected chi connectivity index (χ2v) is 11.2. The molecule has 6 N–H and O–H groups in total. The molecule has 17 nitrogen and oxygen atoms in total. The minimum absolute atomic E-state index is 0.00414. The molecule has 47 heavy (non-hydrogen) atoms. The van der Waals surface area contributed by atoms with Crippen LogP contribution in [0.25, 0.3) is 0 Å². The van der Waals surface area contributed by atoms with E-state index in [-0.39, 0.29) is 53.4 Å². The van der Waals surface area contributed by atoms with E-state index in [1.165, 1.54) is 25.1 Å². The van der Waals surface area contributed by atoms with Crippen molar-refractivity contribution < 1.29 is 42.5 Å². The van der Waals surface area contributed by atoms with Crippen LogP contribution < -0.4 is 25.8 Å². The van der Waals surface area contributed by atoms with E-state index in [4.69, 9.17) is 13.4 Å². The summed E-state index contributed by atoms with van der Waals surface area (Å²) in [6.07, 6.45) is 1.45. The summed E-state index contributed by atoms with van der Waals surface area (Å²) in [6, 6.07) is 18.8. The summed E-state index contributed by atoms with van der Waals surface area (Å²) in [5.41, 5.74) is 0.994. The van der Waals surface area contributed by atoms with Gasteiger partial charge in [0.1, 0.15) is 11.9 Å². The van der Waals surface area contributed by atoms with Gasteiger partial charge >= 0.3 is 22.9 Å². The van der Waals surface area contributed by atoms with Gasteiger partial charge in [-0.3, -0.25) is 24.5 Å². The largest absolute Gasteiger partial charge is 0.427 e. The van der Waals surface area contributed by atoms with Crippen molar-refractivity contribution in [2.24, 2.45) is 0 Å². The van der Waals surface area contributed by atoms with E-state index in [0.717, 1.165) is 6.20 Å². The first-order valence-electron chi connectivity index (χ1n) is 13.4. The standard InChI is InChI=1S/C28H27N7O10P2/c1-18(37)31-20-7-9-21(10-8-20)32-28-30-16-25(35(39)40)27(34-28)33-24-12-11-22(15-23(24)26(38)19-5-3-2-4-6-19)44-47(42)45-46(41)43-14-13-29-17-36/h2-12,15-17,41-42H,13-14H2,1H3,(H,29,36)(H,31,37)(H2,30,32,33,34). The molecular formula is C28H27N7O10P2. The van der Waals surface area contributed by atoms with Crippen molar-refractivity contribution in [3.63, 3.8) is 0 Å². The summed E-state index contributed by atoms with van der Waals surface area (Å²) in [5, 5.41) is 22.6. The Kier molecular flexibility index (Phi) is 12.5. The van der Waals surface area contributed by atoms with Crippen molar-refractivity contribution in [3.8, 4) is 5.75 Å². The van der Waals surface area contributed by atoms with Crippen molar-refractivity contribution >= 4 is 69.8 Å². The molecule has 2 unspecified atom stereocenters. The Hall–Kier alpha value is -5.15. The smallest absolute Gasteiger partial charge is 0.401 e. The lowest BCUT2D eigenvalue weighted by Crippen LogP contribution is -2.16. The van der Waals surface area contributed by atoms with E-state index in [9.17, 15) is 34.3 Å². The molecule has 2 atom stereocenters. The highest BCUT2D eigenvalue weighted by molar-refractivity contribution is 7.54. The maximum atomic E-state index is 13.6. The van der Waals surface area contributed by atoms with Gasteiger partial charge in [0.25, 0.3) is 0 Å². The maximum absolute atomic E-state index is 13.6. The highest BCUT2D eigenvalue weighted by Gasteiger charge is 2.23. The highest BCUT2D eigenvalue weighted by Crippen LogP contribution is 2.49. The molecule has 0 spiro atoms. The predicted molar refractivity (Wildman–Crippen MR) is 172 cm³/mol. The maximum Gasteiger partial charge on any atom is 0.401 e. The number of hydrogen-bond acceptors (Lipinski definition) is 14. The number of anilines is 5. The fourth-order valence-electron chi connectivity index (χ4n) is 3.81. The van der Waals surface area contributed by atoms with Crippen LogP contribution in [0.2, 0.25) is 0 Å². The molecule has 0 aliphatic carbocycles. The first-order chi connectivity index (χ1) is 22.6. The zero-order valence-electron chi connectivity index (χ0n) is 24.4. The number of carbonyl (C=O) groups excluding carboxylic acids is 3. The molecule has 0 fully saturated rings. The number of amides is 2. The molecular weight excluding hydrogens is 656 g/mol. The molecule has 4 rings (SSSR count). The predicted octanol–water partition coefficient (Wildman–Crippen LogP) is 4.66. The normalized spacial score (nSPS) is 11.9. The topological polar surface area (TPSA) is 236 Å². The molecule has 0 bridgehead atoms. The van der Waals surface area contributed by atoms with Crippen LogP contribution in [0, 0.1) is 10.1 Å². The van der Waals surface area contributed by atoms with Crippen LogP contribution in [0.5, 0.6) is 5.75 Å². The van der Waals surface area contributed by atoms with Gasteiger partial charge in [-0.15, -0.1) is 0 Å². The van der Waals surface area contributed by atoms with Crippen molar-refractivity contribution in [2.45, 2.75) is 6.92 Å². The highest BCUT2D eigenvalue weighted by atomic mass is 31.2. The number of hydrogen-bond donors (Lipinski definition) is 6. The third kappa shape index (κ3) is 10.4. The average Bonchev–Trinajstić information content (AvgIpc) is 3.04. The van der Waals surface area contributed by atoms with Gasteiger partial charge in [-0.25, -0.2) is 9.29 Å². The fourth-order valence-corrected chi connectivity index (χ4v) is 5.15. The lowest BCUT2D eigenvalue weighted by Gasteiger charge is -2.17. The molecule has 19 heteroatoms. The second kappa shape index (κ2) is 17.0. The van der Waals surface area contributed by atoms with E-state index >= 15 is 0 Å². The van der Waals surface area contributed by atoms with Crippen LogP contribution in [0.3, 0.4) is 0 Å². The minimum Gasteiger partial charge on any atom is -0.427 e. The molecule has 1 heterocycles. The Morgan fingerprint density at radius 1 is 1.00 bits per heavy atom. The van der Waals surface area contributed by atoms with E-state index in [1.807, 2.05) is 0 Å². The lowest BCUT2D eigenvalue weighted by molar-refractivity contribution is -0.384. The molecule has 0 aliphatic rings. The number of rotatable bonds is 17. The average molecular weight is 684 g/mol. The third-order valence-corrected chi connectivity index (χ3v) is 7.69. The van der Waals surface area contributed by atoms with Gasteiger partial charge < -0.3 is 40.1 Å². The van der Waals surface area contributed by atoms with E-state index in [1.54, 1.807) is 54.6 Å². The quantitative estimate of drug-likeness (QED) is 0.0222. The molecule has 0 aliphatic heterocycles. The summed E-state index contributed by atoms with van der Waals surface area (Å²) in [7, 11) is -5.27. The molecule has 0 saturated carbocycles. The number of nitro groups is 1. The van der Waals surface area contributed by atoms with Crippen LogP contribution in [0.15, 0.2) is 79.0 Å². The molecule has 3 aromatic carbocycles. The van der Waals surface area contributed by atoms with Gasteiger partial charge in [0.05, 0.1) is 17.2 Å². The zero-order chi connectivity index (χ0) is 33.8. The third-order valence-electron chi connectivity index (χ3n) is 5.81. The Bertz CT molecular complexity index is 1720. The Labute approximate surface area is 269 Å². The number of ketones is 1. The zero-order valence-corrected chi connectivity index (χ0v) is 26.2. The van der Waals surface area contributed by atoms with E-state index in [2.05, 4.69) is 31.2 Å². The van der Waals surface area contributed by atoms with Crippen LogP contribution in [0.4, 0.5) is 34.5 Å². The van der Waals surface area contributed by atoms with E-state index < -0.39 is 33.6 Å². The van der Waals surface area contributed by atoms with Gasteiger partial charge in [0, 0.05) is 36.0 Å². The molecule has 4 aromatic rings. The van der Waals surface area contributed by atoms with Crippen molar-refractivity contribution in [2.75, 3.05) is 29.1 Å². The van der Waals surface area contributed by atoms with Crippen molar-refractivity contribution in [1.29, 1.82) is 0 Å². The molecule has 0 radical (unpaired) electrons. The van der Waals surface area contributed by atoms with Gasteiger partial charge in [-0.1, -0.05) is 30.3 Å². The van der Waals surface area contributed by atoms with Gasteiger partial charge in [0.2, 0.25) is 24.1 Å². The summed E-state index contributed by atoms with van der Waals surface area (Å²) in [6.45, 7) is 1.40. The van der Waals surface area contributed by atoms with Gasteiger partial charge in [-0.05, 0) is 42.5 Å². The number of nitrogens with zero attached hydrogens (tertiary/aromatic N) is 3. The van der Waals surface area contributed by atoms with Crippen LogP contribution in [0.1, 0.15) is 22.8 Å².